The van der Waals surface area contributed by atoms with Gasteiger partial charge in [0.2, 0.25) is 0 Å². The van der Waals surface area contributed by atoms with Crippen LogP contribution in [0.5, 0.6) is 0 Å². The Morgan fingerprint density at radius 1 is 0.963 bits per heavy atom. The maximum atomic E-state index is 12.8. The third-order valence-corrected chi connectivity index (χ3v) is 5.61. The summed E-state index contributed by atoms with van der Waals surface area (Å²) >= 11 is 0. The summed E-state index contributed by atoms with van der Waals surface area (Å²) in [7, 11) is 0. The van der Waals surface area contributed by atoms with E-state index in [1.165, 1.54) is 29.2 Å². The van der Waals surface area contributed by atoms with Gasteiger partial charge in [0.05, 0.1) is 6.04 Å². The Hall–Kier alpha value is -2.65. The molecule has 0 unspecified atom stereocenters. The van der Waals surface area contributed by atoms with Gasteiger partial charge in [-0.25, -0.2) is 0 Å². The number of carbonyl (C=O) groups excluding carboxylic acids is 1. The van der Waals surface area contributed by atoms with E-state index in [0.29, 0.717) is 6.54 Å². The molecule has 1 saturated heterocycles. The van der Waals surface area contributed by atoms with Crippen LogP contribution in [0.3, 0.4) is 0 Å². The van der Waals surface area contributed by atoms with Gasteiger partial charge < -0.3 is 5.32 Å². The van der Waals surface area contributed by atoms with Crippen LogP contribution in [0, 0.1) is 6.92 Å². The molecule has 0 spiro atoms. The number of hydrogen-bond donors (Lipinski definition) is 1. The zero-order valence-electron chi connectivity index (χ0n) is 15.8. The molecule has 3 heteroatoms. The van der Waals surface area contributed by atoms with E-state index < -0.39 is 0 Å². The summed E-state index contributed by atoms with van der Waals surface area (Å²) < 4.78 is 0. The standard InChI is InChI=1S/C24H26N2O/c1-18-9-2-4-12-20(18)24(27)25-17-23(26-15-6-7-16-26)22-14-8-11-19-10-3-5-13-21(19)22/h2-5,8-14,23H,6-7,15-17H2,1H3,(H,25,27)/t23-/m0/s1. The van der Waals surface area contributed by atoms with Crippen LogP contribution in [0.4, 0.5) is 0 Å². The Morgan fingerprint density at radius 3 is 2.48 bits per heavy atom. The van der Waals surface area contributed by atoms with Crippen molar-refractivity contribution in [2.45, 2.75) is 25.8 Å². The summed E-state index contributed by atoms with van der Waals surface area (Å²) in [6.45, 7) is 4.79. The van der Waals surface area contributed by atoms with E-state index in [2.05, 4.69) is 52.7 Å². The van der Waals surface area contributed by atoms with E-state index in [4.69, 9.17) is 0 Å². The van der Waals surface area contributed by atoms with Gasteiger partial charge in [-0.1, -0.05) is 60.7 Å². The molecule has 0 bridgehead atoms. The minimum Gasteiger partial charge on any atom is -0.350 e. The monoisotopic (exact) mass is 358 g/mol. The van der Waals surface area contributed by atoms with E-state index in [9.17, 15) is 4.79 Å². The molecule has 1 fully saturated rings. The molecule has 1 amide bonds. The van der Waals surface area contributed by atoms with E-state index in [-0.39, 0.29) is 11.9 Å². The Balaban J connectivity index is 1.62. The third-order valence-electron chi connectivity index (χ3n) is 5.61. The molecule has 1 atom stereocenters. The first-order chi connectivity index (χ1) is 13.2. The average molecular weight is 358 g/mol. The number of amides is 1. The number of hydrogen-bond acceptors (Lipinski definition) is 2. The molecule has 4 rings (SSSR count). The predicted octanol–water partition coefficient (Wildman–Crippen LogP) is 4.72. The maximum absolute atomic E-state index is 12.8. The van der Waals surface area contributed by atoms with Crippen molar-refractivity contribution in [2.24, 2.45) is 0 Å². The number of fused-ring (bicyclic) bond motifs is 1. The zero-order valence-corrected chi connectivity index (χ0v) is 15.8. The fourth-order valence-electron chi connectivity index (χ4n) is 4.14. The second kappa shape index (κ2) is 7.93. The summed E-state index contributed by atoms with van der Waals surface area (Å²) in [5.41, 5.74) is 3.08. The molecule has 138 valence electrons. The number of benzene rings is 3. The van der Waals surface area contributed by atoms with Gasteiger partial charge in [-0.05, 0) is 60.8 Å². The Kier molecular flexibility index (Phi) is 5.21. The van der Waals surface area contributed by atoms with Gasteiger partial charge in [-0.15, -0.1) is 0 Å². The van der Waals surface area contributed by atoms with E-state index >= 15 is 0 Å². The number of carbonyl (C=O) groups is 1. The fourth-order valence-corrected chi connectivity index (χ4v) is 4.14. The van der Waals surface area contributed by atoms with Crippen LogP contribution in [-0.4, -0.2) is 30.4 Å². The molecule has 1 heterocycles. The highest BCUT2D eigenvalue weighted by Gasteiger charge is 2.25. The molecule has 3 nitrogen and oxygen atoms in total. The van der Waals surface area contributed by atoms with Crippen molar-refractivity contribution < 1.29 is 4.79 Å². The largest absolute Gasteiger partial charge is 0.350 e. The number of nitrogens with one attached hydrogen (secondary N) is 1. The molecule has 1 aliphatic rings. The van der Waals surface area contributed by atoms with Gasteiger partial charge in [0.15, 0.2) is 0 Å². The molecule has 0 aromatic heterocycles. The second-order valence-corrected chi connectivity index (χ2v) is 7.35. The molecular formula is C24H26N2O. The SMILES string of the molecule is Cc1ccccc1C(=O)NC[C@@H](c1cccc2ccccc12)N1CCCC1. The van der Waals surface area contributed by atoms with Crippen molar-refractivity contribution >= 4 is 16.7 Å². The van der Waals surface area contributed by atoms with Crippen molar-refractivity contribution in [2.75, 3.05) is 19.6 Å². The lowest BCUT2D eigenvalue weighted by atomic mass is 9.97. The average Bonchev–Trinajstić information content (AvgIpc) is 3.23. The van der Waals surface area contributed by atoms with Crippen molar-refractivity contribution in [1.82, 2.24) is 10.2 Å². The van der Waals surface area contributed by atoms with Gasteiger partial charge >= 0.3 is 0 Å². The second-order valence-electron chi connectivity index (χ2n) is 7.35. The first-order valence-corrected chi connectivity index (χ1v) is 9.79. The number of aryl methyl sites for hydroxylation is 1. The Bertz CT molecular complexity index is 939. The van der Waals surface area contributed by atoms with Crippen molar-refractivity contribution in [1.29, 1.82) is 0 Å². The van der Waals surface area contributed by atoms with Crippen LogP contribution in [0.2, 0.25) is 0 Å². The van der Waals surface area contributed by atoms with Gasteiger partial charge in [0.1, 0.15) is 0 Å². The normalized spacial score (nSPS) is 15.7. The van der Waals surface area contributed by atoms with Gasteiger partial charge in [-0.3, -0.25) is 9.69 Å². The van der Waals surface area contributed by atoms with E-state index in [1.54, 1.807) is 0 Å². The molecule has 0 radical (unpaired) electrons. The molecule has 27 heavy (non-hydrogen) atoms. The first kappa shape index (κ1) is 17.7. The number of rotatable bonds is 5. The summed E-state index contributed by atoms with van der Waals surface area (Å²) in [6, 6.07) is 23.0. The lowest BCUT2D eigenvalue weighted by Crippen LogP contribution is -2.37. The van der Waals surface area contributed by atoms with Crippen LogP contribution >= 0.6 is 0 Å². The van der Waals surface area contributed by atoms with Crippen LogP contribution in [0.15, 0.2) is 66.7 Å². The predicted molar refractivity (Wildman–Crippen MR) is 111 cm³/mol. The zero-order chi connectivity index (χ0) is 18.6. The highest BCUT2D eigenvalue weighted by Crippen LogP contribution is 2.30. The van der Waals surface area contributed by atoms with Crippen molar-refractivity contribution in [3.63, 3.8) is 0 Å². The summed E-state index contributed by atoms with van der Waals surface area (Å²) in [5.74, 6) is 0.0116. The van der Waals surface area contributed by atoms with E-state index in [0.717, 1.165) is 24.2 Å². The number of likely N-dealkylation sites (tertiary alicyclic amines) is 1. The van der Waals surface area contributed by atoms with Gasteiger partial charge in [-0.2, -0.15) is 0 Å². The van der Waals surface area contributed by atoms with Crippen LogP contribution < -0.4 is 5.32 Å². The maximum Gasteiger partial charge on any atom is 0.251 e. The van der Waals surface area contributed by atoms with Gasteiger partial charge in [0, 0.05) is 12.1 Å². The van der Waals surface area contributed by atoms with Crippen LogP contribution in [-0.2, 0) is 0 Å². The molecule has 1 N–H and O–H groups in total. The van der Waals surface area contributed by atoms with E-state index in [1.807, 2.05) is 31.2 Å². The number of nitrogens with zero attached hydrogens (tertiary/aromatic N) is 1. The molecule has 0 saturated carbocycles. The van der Waals surface area contributed by atoms with Crippen molar-refractivity contribution in [3.8, 4) is 0 Å². The molecule has 1 aliphatic heterocycles. The Morgan fingerprint density at radius 2 is 1.67 bits per heavy atom. The van der Waals surface area contributed by atoms with Crippen LogP contribution in [0.25, 0.3) is 10.8 Å². The van der Waals surface area contributed by atoms with Crippen LogP contribution in [0.1, 0.15) is 40.4 Å². The fraction of sp³-hybridized carbons (Fsp3) is 0.292. The highest BCUT2D eigenvalue weighted by atomic mass is 16.1. The topological polar surface area (TPSA) is 32.3 Å². The minimum atomic E-state index is 0.0116. The lowest BCUT2D eigenvalue weighted by molar-refractivity contribution is 0.0937. The summed E-state index contributed by atoms with van der Waals surface area (Å²) in [4.78, 5) is 15.3. The summed E-state index contributed by atoms with van der Waals surface area (Å²) in [5, 5.41) is 5.73. The third kappa shape index (κ3) is 3.74. The minimum absolute atomic E-state index is 0.0116. The Labute approximate surface area is 161 Å². The van der Waals surface area contributed by atoms with Crippen molar-refractivity contribution in [3.05, 3.63) is 83.4 Å². The molecular weight excluding hydrogens is 332 g/mol. The highest BCUT2D eigenvalue weighted by molar-refractivity contribution is 5.95. The molecule has 3 aromatic rings. The summed E-state index contributed by atoms with van der Waals surface area (Å²) in [6.07, 6.45) is 2.46. The first-order valence-electron chi connectivity index (χ1n) is 9.79. The molecule has 3 aromatic carbocycles. The smallest absolute Gasteiger partial charge is 0.251 e. The quantitative estimate of drug-likeness (QED) is 0.716. The molecule has 0 aliphatic carbocycles. The van der Waals surface area contributed by atoms with Gasteiger partial charge in [0.25, 0.3) is 5.91 Å². The lowest BCUT2D eigenvalue weighted by Gasteiger charge is -2.29.